The Labute approximate surface area is 94.1 Å². The number of fused-ring (bicyclic) bond motifs is 1. The second-order valence-corrected chi connectivity index (χ2v) is 4.01. The van der Waals surface area contributed by atoms with E-state index in [1.165, 1.54) is 0 Å². The molecule has 2 rings (SSSR count). The maximum Gasteiger partial charge on any atom is 0.210 e. The highest BCUT2D eigenvalue weighted by atomic mass is 127. The van der Waals surface area contributed by atoms with E-state index in [1.807, 2.05) is 0 Å². The van der Waals surface area contributed by atoms with Crippen molar-refractivity contribution >= 4 is 34.2 Å². The predicted molar refractivity (Wildman–Crippen MR) is 60.3 cm³/mol. The van der Waals surface area contributed by atoms with E-state index in [9.17, 15) is 9.59 Å². The summed E-state index contributed by atoms with van der Waals surface area (Å²) in [4.78, 5) is 23.3. The SMILES string of the molecule is NC1=C(I)C(=O)c2ccccc2C1=O. The molecule has 4 heteroatoms. The van der Waals surface area contributed by atoms with E-state index in [0.29, 0.717) is 14.7 Å². The molecule has 0 spiro atoms. The maximum atomic E-state index is 11.7. The van der Waals surface area contributed by atoms with Gasteiger partial charge in [-0.05, 0) is 22.6 Å². The molecule has 0 atom stereocenters. The molecule has 1 aliphatic carbocycles. The molecule has 1 aliphatic rings. The fourth-order valence-electron chi connectivity index (χ4n) is 1.36. The minimum atomic E-state index is -0.260. The number of ketones is 2. The first-order chi connectivity index (χ1) is 6.63. The fraction of sp³-hybridized carbons (Fsp3) is 0. The van der Waals surface area contributed by atoms with Gasteiger partial charge < -0.3 is 5.73 Å². The van der Waals surface area contributed by atoms with Crippen LogP contribution in [0.4, 0.5) is 0 Å². The number of carbonyl (C=O) groups excluding carboxylic acids is 2. The van der Waals surface area contributed by atoms with Gasteiger partial charge in [0.25, 0.3) is 0 Å². The highest BCUT2D eigenvalue weighted by molar-refractivity contribution is 14.1. The van der Waals surface area contributed by atoms with Crippen LogP contribution in [0.1, 0.15) is 20.7 Å². The number of carbonyl (C=O) groups is 2. The van der Waals surface area contributed by atoms with Gasteiger partial charge in [-0.1, -0.05) is 24.3 Å². The molecule has 0 radical (unpaired) electrons. The van der Waals surface area contributed by atoms with Gasteiger partial charge in [-0.2, -0.15) is 0 Å². The smallest absolute Gasteiger partial charge is 0.210 e. The second-order valence-electron chi connectivity index (χ2n) is 2.93. The summed E-state index contributed by atoms with van der Waals surface area (Å²) in [5.41, 5.74) is 6.42. The van der Waals surface area contributed by atoms with E-state index in [1.54, 1.807) is 46.9 Å². The molecule has 0 saturated heterocycles. The highest BCUT2D eigenvalue weighted by Gasteiger charge is 2.28. The quantitative estimate of drug-likeness (QED) is 0.741. The van der Waals surface area contributed by atoms with Crippen LogP contribution in [0, 0.1) is 0 Å². The molecule has 0 bridgehead atoms. The average molecular weight is 299 g/mol. The largest absolute Gasteiger partial charge is 0.395 e. The lowest BCUT2D eigenvalue weighted by Gasteiger charge is -2.14. The summed E-state index contributed by atoms with van der Waals surface area (Å²) in [6.45, 7) is 0. The number of benzene rings is 1. The van der Waals surface area contributed by atoms with Crippen LogP contribution in [0.15, 0.2) is 33.5 Å². The van der Waals surface area contributed by atoms with E-state index in [2.05, 4.69) is 0 Å². The Bertz CT molecular complexity index is 434. The van der Waals surface area contributed by atoms with Crippen LogP contribution in [-0.2, 0) is 0 Å². The molecule has 0 fully saturated rings. The van der Waals surface area contributed by atoms with E-state index < -0.39 is 0 Å². The lowest BCUT2D eigenvalue weighted by molar-refractivity contribution is 0.0982. The third-order valence-corrected chi connectivity index (χ3v) is 3.17. The Hall–Kier alpha value is -1.17. The molecule has 0 aromatic heterocycles. The highest BCUT2D eigenvalue weighted by Crippen LogP contribution is 2.27. The summed E-state index contributed by atoms with van der Waals surface area (Å²) in [5, 5.41) is 0. The number of halogens is 1. The van der Waals surface area contributed by atoms with Crippen molar-refractivity contribution in [3.05, 3.63) is 44.7 Å². The average Bonchev–Trinajstić information content (AvgIpc) is 2.23. The summed E-state index contributed by atoms with van der Waals surface area (Å²) >= 11 is 1.81. The van der Waals surface area contributed by atoms with Crippen molar-refractivity contribution < 1.29 is 9.59 Å². The lowest BCUT2D eigenvalue weighted by Crippen LogP contribution is -2.24. The minimum Gasteiger partial charge on any atom is -0.395 e. The molecule has 0 aliphatic heterocycles. The summed E-state index contributed by atoms with van der Waals surface area (Å²) in [6.07, 6.45) is 0. The summed E-state index contributed by atoms with van der Waals surface area (Å²) in [6, 6.07) is 6.71. The number of nitrogens with two attached hydrogens (primary N) is 1. The van der Waals surface area contributed by atoms with E-state index in [-0.39, 0.29) is 17.3 Å². The predicted octanol–water partition coefficient (Wildman–Crippen LogP) is 1.67. The zero-order valence-electron chi connectivity index (χ0n) is 7.08. The molecule has 14 heavy (non-hydrogen) atoms. The Morgan fingerprint density at radius 1 is 1.00 bits per heavy atom. The van der Waals surface area contributed by atoms with Gasteiger partial charge in [0.1, 0.15) is 0 Å². The molecular formula is C10H6INO2. The van der Waals surface area contributed by atoms with Gasteiger partial charge in [-0.25, -0.2) is 0 Å². The number of hydrogen-bond acceptors (Lipinski definition) is 3. The van der Waals surface area contributed by atoms with Crippen LogP contribution in [0.2, 0.25) is 0 Å². The maximum absolute atomic E-state index is 11.7. The minimum absolute atomic E-state index is 0.0503. The Kier molecular flexibility index (Phi) is 2.14. The molecule has 0 amide bonds. The lowest BCUT2D eigenvalue weighted by atomic mass is 9.93. The first-order valence-electron chi connectivity index (χ1n) is 3.96. The van der Waals surface area contributed by atoms with Gasteiger partial charge in [0, 0.05) is 11.1 Å². The molecule has 0 heterocycles. The first-order valence-corrected chi connectivity index (χ1v) is 5.04. The molecular weight excluding hydrogens is 293 g/mol. The van der Waals surface area contributed by atoms with E-state index >= 15 is 0 Å². The van der Waals surface area contributed by atoms with Crippen molar-refractivity contribution in [2.45, 2.75) is 0 Å². The number of rotatable bonds is 0. The van der Waals surface area contributed by atoms with Crippen molar-refractivity contribution in [3.8, 4) is 0 Å². The van der Waals surface area contributed by atoms with Crippen LogP contribution in [0.25, 0.3) is 0 Å². The zero-order chi connectivity index (χ0) is 10.3. The second kappa shape index (κ2) is 3.20. The zero-order valence-corrected chi connectivity index (χ0v) is 9.24. The van der Waals surface area contributed by atoms with E-state index in [0.717, 1.165) is 0 Å². The standard InChI is InChI=1S/C10H6INO2/c11-7-8(12)10(14)6-4-2-1-3-5(6)9(7)13/h1-4H,12H2. The Morgan fingerprint density at radius 3 is 2.07 bits per heavy atom. The molecule has 0 unspecified atom stereocenters. The van der Waals surface area contributed by atoms with Crippen molar-refractivity contribution in [3.63, 3.8) is 0 Å². The monoisotopic (exact) mass is 299 g/mol. The molecule has 0 saturated carbocycles. The van der Waals surface area contributed by atoms with Crippen LogP contribution in [0.3, 0.4) is 0 Å². The van der Waals surface area contributed by atoms with Crippen molar-refractivity contribution in [1.82, 2.24) is 0 Å². The van der Waals surface area contributed by atoms with Crippen LogP contribution >= 0.6 is 22.6 Å². The Morgan fingerprint density at radius 2 is 1.50 bits per heavy atom. The molecule has 70 valence electrons. The normalized spacial score (nSPS) is 15.8. The third-order valence-electron chi connectivity index (χ3n) is 2.10. The summed E-state index contributed by atoms with van der Waals surface area (Å²) in [5.74, 6) is -0.428. The van der Waals surface area contributed by atoms with Crippen molar-refractivity contribution in [1.29, 1.82) is 0 Å². The molecule has 2 N–H and O–H groups in total. The van der Waals surface area contributed by atoms with Gasteiger partial charge in [0.15, 0.2) is 0 Å². The number of Topliss-reactive ketones (excluding diaryl/α,β-unsaturated/α-hetero) is 2. The van der Waals surface area contributed by atoms with E-state index in [4.69, 9.17) is 5.73 Å². The summed E-state index contributed by atoms with van der Waals surface area (Å²) in [7, 11) is 0. The Balaban J connectivity index is 2.73. The van der Waals surface area contributed by atoms with Gasteiger partial charge >= 0.3 is 0 Å². The molecule has 3 nitrogen and oxygen atoms in total. The van der Waals surface area contributed by atoms with Crippen LogP contribution < -0.4 is 5.73 Å². The number of hydrogen-bond donors (Lipinski definition) is 1. The molecule has 1 aromatic carbocycles. The van der Waals surface area contributed by atoms with Gasteiger partial charge in [0.05, 0.1) is 9.28 Å². The van der Waals surface area contributed by atoms with Gasteiger partial charge in [0.2, 0.25) is 11.6 Å². The van der Waals surface area contributed by atoms with Crippen LogP contribution in [0.5, 0.6) is 0 Å². The van der Waals surface area contributed by atoms with Crippen molar-refractivity contribution in [2.24, 2.45) is 5.73 Å². The fourth-order valence-corrected chi connectivity index (χ4v) is 1.90. The van der Waals surface area contributed by atoms with Crippen LogP contribution in [-0.4, -0.2) is 11.6 Å². The topological polar surface area (TPSA) is 60.2 Å². The molecule has 1 aromatic rings. The third kappa shape index (κ3) is 1.18. The summed E-state index contributed by atoms with van der Waals surface area (Å²) < 4.78 is 0.311. The van der Waals surface area contributed by atoms with Crippen molar-refractivity contribution in [2.75, 3.05) is 0 Å². The van der Waals surface area contributed by atoms with Gasteiger partial charge in [-0.3, -0.25) is 9.59 Å². The number of allylic oxidation sites excluding steroid dienone is 2. The van der Waals surface area contributed by atoms with Gasteiger partial charge in [-0.15, -0.1) is 0 Å². The first kappa shape index (κ1) is 9.39.